The molecule has 1 amide bonds. The Hall–Kier alpha value is -1.32. The van der Waals surface area contributed by atoms with Gasteiger partial charge in [0.05, 0.1) is 21.1 Å². The van der Waals surface area contributed by atoms with E-state index < -0.39 is 5.91 Å². The van der Waals surface area contributed by atoms with Gasteiger partial charge in [0.25, 0.3) is 0 Å². The highest BCUT2D eigenvalue weighted by atomic mass is 35.5. The normalized spacial score (nSPS) is 10.5. The molecule has 5 heteroatoms. The van der Waals surface area contributed by atoms with Crippen LogP contribution in [-0.2, 0) is 0 Å². The second-order valence-corrected chi connectivity index (χ2v) is 3.83. The first-order valence-corrected chi connectivity index (χ1v) is 4.89. The number of carbonyl (C=O) groups excluding carboxylic acids is 1. The van der Waals surface area contributed by atoms with E-state index in [9.17, 15) is 4.79 Å². The zero-order valence-corrected chi connectivity index (χ0v) is 9.01. The molecule has 2 N–H and O–H groups in total. The molecular formula is C10H6Cl2N2O. The van der Waals surface area contributed by atoms with Gasteiger partial charge in [0.15, 0.2) is 0 Å². The van der Waals surface area contributed by atoms with Crippen molar-refractivity contribution in [2.75, 3.05) is 0 Å². The number of amides is 1. The van der Waals surface area contributed by atoms with Gasteiger partial charge in [-0.25, -0.2) is 0 Å². The van der Waals surface area contributed by atoms with Crippen LogP contribution in [0.4, 0.5) is 0 Å². The molecule has 0 radical (unpaired) electrons. The van der Waals surface area contributed by atoms with E-state index in [1.54, 1.807) is 18.2 Å². The molecule has 1 aromatic heterocycles. The van der Waals surface area contributed by atoms with E-state index in [0.29, 0.717) is 26.5 Å². The Morgan fingerprint density at radius 3 is 2.60 bits per heavy atom. The number of primary amides is 1. The maximum atomic E-state index is 10.9. The first-order valence-electron chi connectivity index (χ1n) is 4.13. The predicted octanol–water partition coefficient (Wildman–Crippen LogP) is 2.64. The molecule has 2 rings (SSSR count). The molecule has 0 aliphatic carbocycles. The molecular weight excluding hydrogens is 235 g/mol. The van der Waals surface area contributed by atoms with Crippen LogP contribution in [0.2, 0.25) is 10.0 Å². The number of carbonyl (C=O) groups is 1. The van der Waals surface area contributed by atoms with Crippen molar-refractivity contribution in [1.82, 2.24) is 4.98 Å². The maximum absolute atomic E-state index is 10.9. The maximum Gasteiger partial charge on any atom is 0.250 e. The molecule has 2 aromatic rings. The molecule has 76 valence electrons. The Kier molecular flexibility index (Phi) is 2.50. The van der Waals surface area contributed by atoms with Crippen molar-refractivity contribution in [3.63, 3.8) is 0 Å². The zero-order valence-electron chi connectivity index (χ0n) is 7.50. The van der Waals surface area contributed by atoms with Crippen LogP contribution < -0.4 is 5.73 Å². The molecule has 0 aliphatic heterocycles. The number of hydrogen-bond acceptors (Lipinski definition) is 2. The summed E-state index contributed by atoms with van der Waals surface area (Å²) in [7, 11) is 0. The minimum atomic E-state index is -0.541. The summed E-state index contributed by atoms with van der Waals surface area (Å²) < 4.78 is 0. The van der Waals surface area contributed by atoms with Gasteiger partial charge in [-0.2, -0.15) is 0 Å². The summed E-state index contributed by atoms with van der Waals surface area (Å²) in [4.78, 5) is 15.0. The highest BCUT2D eigenvalue weighted by Crippen LogP contribution is 2.28. The summed E-state index contributed by atoms with van der Waals surface area (Å²) in [5, 5.41) is 1.61. The van der Waals surface area contributed by atoms with Crippen molar-refractivity contribution >= 4 is 40.0 Å². The number of pyridine rings is 1. The van der Waals surface area contributed by atoms with E-state index in [1.807, 2.05) is 0 Å². The van der Waals surface area contributed by atoms with Crippen LogP contribution >= 0.6 is 23.2 Å². The second-order valence-electron chi connectivity index (χ2n) is 3.01. The Balaban J connectivity index is 2.81. The molecule has 0 fully saturated rings. The monoisotopic (exact) mass is 240 g/mol. The van der Waals surface area contributed by atoms with Crippen LogP contribution in [0, 0.1) is 0 Å². The largest absolute Gasteiger partial charge is 0.366 e. The number of fused-ring (bicyclic) bond motifs is 1. The minimum absolute atomic E-state index is 0.312. The number of nitrogens with zero attached hydrogens (tertiary/aromatic N) is 1. The SMILES string of the molecule is NC(=O)c1cnc2c(Cl)ccc(Cl)c2c1. The predicted molar refractivity (Wildman–Crippen MR) is 60.3 cm³/mol. The summed E-state index contributed by atoms with van der Waals surface area (Å²) in [5.74, 6) is -0.541. The van der Waals surface area contributed by atoms with Gasteiger partial charge in [0.2, 0.25) is 5.91 Å². The first-order chi connectivity index (χ1) is 7.09. The lowest BCUT2D eigenvalue weighted by molar-refractivity contribution is 0.1000. The van der Waals surface area contributed by atoms with Gasteiger partial charge in [-0.05, 0) is 18.2 Å². The van der Waals surface area contributed by atoms with Crippen molar-refractivity contribution in [1.29, 1.82) is 0 Å². The molecule has 1 aromatic carbocycles. The fourth-order valence-corrected chi connectivity index (χ4v) is 1.71. The number of hydrogen-bond donors (Lipinski definition) is 1. The van der Waals surface area contributed by atoms with Crippen LogP contribution in [0.5, 0.6) is 0 Å². The van der Waals surface area contributed by atoms with E-state index in [2.05, 4.69) is 4.98 Å². The summed E-state index contributed by atoms with van der Waals surface area (Å²) >= 11 is 11.9. The Labute approximate surface area is 95.8 Å². The van der Waals surface area contributed by atoms with Crippen molar-refractivity contribution in [3.05, 3.63) is 40.0 Å². The molecule has 0 spiro atoms. The Bertz CT molecular complexity index is 554. The van der Waals surface area contributed by atoms with Crippen molar-refractivity contribution in [2.45, 2.75) is 0 Å². The lowest BCUT2D eigenvalue weighted by Crippen LogP contribution is -2.11. The smallest absolute Gasteiger partial charge is 0.250 e. The van der Waals surface area contributed by atoms with Gasteiger partial charge in [0, 0.05) is 11.6 Å². The Morgan fingerprint density at radius 2 is 1.93 bits per heavy atom. The van der Waals surface area contributed by atoms with Crippen molar-refractivity contribution in [2.24, 2.45) is 5.73 Å². The molecule has 0 atom stereocenters. The summed E-state index contributed by atoms with van der Waals surface area (Å²) in [6.07, 6.45) is 1.38. The average Bonchev–Trinajstić information content (AvgIpc) is 2.23. The number of rotatable bonds is 1. The van der Waals surface area contributed by atoms with E-state index in [1.165, 1.54) is 6.20 Å². The van der Waals surface area contributed by atoms with Gasteiger partial charge >= 0.3 is 0 Å². The summed E-state index contributed by atoms with van der Waals surface area (Å²) in [5.41, 5.74) is 6.01. The van der Waals surface area contributed by atoms with E-state index in [-0.39, 0.29) is 0 Å². The quantitative estimate of drug-likeness (QED) is 0.834. The van der Waals surface area contributed by atoms with Crippen LogP contribution in [0.3, 0.4) is 0 Å². The Morgan fingerprint density at radius 1 is 1.27 bits per heavy atom. The third kappa shape index (κ3) is 1.76. The second kappa shape index (κ2) is 3.68. The number of nitrogens with two attached hydrogens (primary N) is 1. The fourth-order valence-electron chi connectivity index (χ4n) is 1.29. The summed E-state index contributed by atoms with van der Waals surface area (Å²) in [6.45, 7) is 0. The molecule has 15 heavy (non-hydrogen) atoms. The number of halogens is 2. The molecule has 0 unspecified atom stereocenters. The fraction of sp³-hybridized carbons (Fsp3) is 0. The minimum Gasteiger partial charge on any atom is -0.366 e. The number of benzene rings is 1. The molecule has 0 saturated carbocycles. The summed E-state index contributed by atoms with van der Waals surface area (Å²) in [6, 6.07) is 4.89. The van der Waals surface area contributed by atoms with Crippen LogP contribution in [0.25, 0.3) is 10.9 Å². The lowest BCUT2D eigenvalue weighted by atomic mass is 10.1. The molecule has 1 heterocycles. The van der Waals surface area contributed by atoms with Crippen molar-refractivity contribution < 1.29 is 4.79 Å². The van der Waals surface area contributed by atoms with E-state index in [4.69, 9.17) is 28.9 Å². The van der Waals surface area contributed by atoms with Crippen LogP contribution in [0.15, 0.2) is 24.4 Å². The van der Waals surface area contributed by atoms with Gasteiger partial charge in [-0.3, -0.25) is 9.78 Å². The lowest BCUT2D eigenvalue weighted by Gasteiger charge is -2.03. The van der Waals surface area contributed by atoms with Gasteiger partial charge < -0.3 is 5.73 Å². The number of aromatic nitrogens is 1. The molecule has 0 bridgehead atoms. The van der Waals surface area contributed by atoms with Gasteiger partial charge in [0.1, 0.15) is 0 Å². The van der Waals surface area contributed by atoms with E-state index >= 15 is 0 Å². The van der Waals surface area contributed by atoms with Crippen molar-refractivity contribution in [3.8, 4) is 0 Å². The average molecular weight is 241 g/mol. The van der Waals surface area contributed by atoms with Crippen LogP contribution in [-0.4, -0.2) is 10.9 Å². The topological polar surface area (TPSA) is 56.0 Å². The van der Waals surface area contributed by atoms with Gasteiger partial charge in [-0.1, -0.05) is 23.2 Å². The molecule has 0 aliphatic rings. The molecule has 0 saturated heterocycles. The zero-order chi connectivity index (χ0) is 11.0. The first kappa shape index (κ1) is 10.2. The third-order valence-electron chi connectivity index (χ3n) is 2.03. The highest BCUT2D eigenvalue weighted by molar-refractivity contribution is 6.39. The standard InChI is InChI=1S/C10H6Cl2N2O/c11-7-1-2-8(12)9-6(7)3-5(4-14-9)10(13)15/h1-4H,(H2,13,15). The molecule has 3 nitrogen and oxygen atoms in total. The van der Waals surface area contributed by atoms with Crippen LogP contribution in [0.1, 0.15) is 10.4 Å². The third-order valence-corrected chi connectivity index (χ3v) is 2.67. The van der Waals surface area contributed by atoms with Gasteiger partial charge in [-0.15, -0.1) is 0 Å². The van der Waals surface area contributed by atoms with E-state index in [0.717, 1.165) is 0 Å². The highest BCUT2D eigenvalue weighted by Gasteiger charge is 2.08.